The topological polar surface area (TPSA) is 114 Å². The molecule has 1 heterocycles. The van der Waals surface area contributed by atoms with Gasteiger partial charge < -0.3 is 14.8 Å². The van der Waals surface area contributed by atoms with Gasteiger partial charge in [-0.05, 0) is 48.0 Å². The normalized spacial score (nSPS) is 19.5. The second kappa shape index (κ2) is 7.92. The van der Waals surface area contributed by atoms with Crippen molar-refractivity contribution in [3.8, 4) is 0 Å². The van der Waals surface area contributed by atoms with Gasteiger partial charge in [-0.15, -0.1) is 0 Å². The summed E-state index contributed by atoms with van der Waals surface area (Å²) < 4.78 is 10.5. The molecule has 1 saturated heterocycles. The van der Waals surface area contributed by atoms with Crippen LogP contribution < -0.4 is 10.7 Å². The Morgan fingerprint density at radius 3 is 2.19 bits per heavy atom. The van der Waals surface area contributed by atoms with Crippen molar-refractivity contribution in [2.45, 2.75) is 71.6 Å². The van der Waals surface area contributed by atoms with Crippen LogP contribution in [0.5, 0.6) is 0 Å². The molecule has 0 spiro atoms. The molecule has 0 saturated carbocycles. The molecule has 1 fully saturated rings. The molecule has 0 aromatic carbocycles. The molecule has 0 unspecified atom stereocenters. The Bertz CT molecular complexity index is 576. The summed E-state index contributed by atoms with van der Waals surface area (Å²) in [6.07, 6.45) is -0.926. The van der Waals surface area contributed by atoms with Crippen molar-refractivity contribution in [2.75, 3.05) is 7.05 Å². The summed E-state index contributed by atoms with van der Waals surface area (Å²) in [6, 6.07) is -1.11. The van der Waals surface area contributed by atoms with Gasteiger partial charge in [-0.2, -0.15) is 0 Å². The fourth-order valence-corrected chi connectivity index (χ4v) is 2.27. The third kappa shape index (κ3) is 7.28. The number of nitrogens with one attached hydrogen (secondary N) is 2. The van der Waals surface area contributed by atoms with Gasteiger partial charge in [0.25, 0.3) is 0 Å². The number of carbonyl (C=O) groups is 4. The number of carbonyl (C=O) groups excluding carboxylic acids is 4. The first kappa shape index (κ1) is 21.7. The van der Waals surface area contributed by atoms with Crippen LogP contribution in [0, 0.1) is 5.92 Å². The molecule has 9 nitrogen and oxygen atoms in total. The summed E-state index contributed by atoms with van der Waals surface area (Å²) in [5.41, 5.74) is 0.897. The zero-order valence-corrected chi connectivity index (χ0v) is 16.5. The van der Waals surface area contributed by atoms with E-state index >= 15 is 0 Å². The average Bonchev–Trinajstić information content (AvgIpc) is 2.39. The highest BCUT2D eigenvalue weighted by Crippen LogP contribution is 2.20. The molecule has 9 heteroatoms. The van der Waals surface area contributed by atoms with Gasteiger partial charge in [0.1, 0.15) is 17.2 Å². The highest BCUT2D eigenvalue weighted by Gasteiger charge is 2.37. The molecule has 1 rings (SSSR count). The molecule has 2 atom stereocenters. The monoisotopic (exact) mass is 371 g/mol. The molecule has 0 bridgehead atoms. The van der Waals surface area contributed by atoms with Gasteiger partial charge in [0.2, 0.25) is 11.8 Å². The highest BCUT2D eigenvalue weighted by molar-refractivity contribution is 5.91. The summed E-state index contributed by atoms with van der Waals surface area (Å²) in [6.45, 7) is 10.2. The van der Waals surface area contributed by atoms with E-state index in [-0.39, 0.29) is 18.7 Å². The Morgan fingerprint density at radius 1 is 1.15 bits per heavy atom. The smallest absolute Gasteiger partial charge is 0.408 e. The standard InChI is InChI=1S/C17H29N3O6/c1-16(2,3)25-14(23)11(18-15(24)26-17(4,5)6)8-10-9-12(21)20(7)19-13(10)22/h10-11H,8-9H2,1-7H3,(H,18,24)(H,19,22)/t10-,11+/m1/s1. The highest BCUT2D eigenvalue weighted by atomic mass is 16.6. The fourth-order valence-electron chi connectivity index (χ4n) is 2.27. The van der Waals surface area contributed by atoms with Crippen molar-refractivity contribution in [1.29, 1.82) is 0 Å². The molecule has 26 heavy (non-hydrogen) atoms. The van der Waals surface area contributed by atoms with E-state index in [2.05, 4.69) is 10.7 Å². The Morgan fingerprint density at radius 2 is 1.69 bits per heavy atom. The minimum absolute atomic E-state index is 0.0579. The van der Waals surface area contributed by atoms with Gasteiger partial charge in [0.05, 0.1) is 5.92 Å². The van der Waals surface area contributed by atoms with Gasteiger partial charge in [-0.3, -0.25) is 20.0 Å². The molecule has 0 radical (unpaired) electrons. The number of ether oxygens (including phenoxy) is 2. The number of hydrazine groups is 1. The second-order valence-corrected chi connectivity index (χ2v) is 8.30. The maximum absolute atomic E-state index is 12.5. The van der Waals surface area contributed by atoms with Crippen molar-refractivity contribution in [1.82, 2.24) is 15.8 Å². The van der Waals surface area contributed by atoms with Crippen LogP contribution in [0.25, 0.3) is 0 Å². The minimum Gasteiger partial charge on any atom is -0.458 e. The number of hydrogen-bond acceptors (Lipinski definition) is 6. The number of hydrogen-bond donors (Lipinski definition) is 2. The molecule has 0 aromatic rings. The number of alkyl carbamates (subject to hydrolysis) is 1. The van der Waals surface area contributed by atoms with E-state index in [9.17, 15) is 19.2 Å². The first-order chi connectivity index (χ1) is 11.7. The predicted octanol–water partition coefficient (Wildman–Crippen LogP) is 1.12. The Hall–Kier alpha value is -2.32. The van der Waals surface area contributed by atoms with E-state index < -0.39 is 41.1 Å². The third-order valence-electron chi connectivity index (χ3n) is 3.35. The summed E-state index contributed by atoms with van der Waals surface area (Å²) >= 11 is 0. The Balaban J connectivity index is 2.89. The molecule has 0 aromatic heterocycles. The van der Waals surface area contributed by atoms with Crippen molar-refractivity contribution in [3.63, 3.8) is 0 Å². The van der Waals surface area contributed by atoms with Crippen LogP contribution in [-0.2, 0) is 23.9 Å². The summed E-state index contributed by atoms with van der Waals surface area (Å²) in [5.74, 6) is -2.13. The molecule has 0 aliphatic carbocycles. The summed E-state index contributed by atoms with van der Waals surface area (Å²) in [7, 11) is 1.45. The van der Waals surface area contributed by atoms with Gasteiger partial charge in [0.15, 0.2) is 0 Å². The number of esters is 1. The fraction of sp³-hybridized carbons (Fsp3) is 0.765. The zero-order valence-electron chi connectivity index (χ0n) is 16.5. The Kier molecular flexibility index (Phi) is 6.62. The van der Waals surface area contributed by atoms with Crippen molar-refractivity contribution in [3.05, 3.63) is 0 Å². The van der Waals surface area contributed by atoms with Crippen LogP contribution >= 0.6 is 0 Å². The van der Waals surface area contributed by atoms with E-state index in [0.717, 1.165) is 5.01 Å². The quantitative estimate of drug-likeness (QED) is 0.716. The Labute approximate surface area is 153 Å². The van der Waals surface area contributed by atoms with Gasteiger partial charge >= 0.3 is 12.1 Å². The molecular weight excluding hydrogens is 342 g/mol. The maximum Gasteiger partial charge on any atom is 0.408 e. The maximum atomic E-state index is 12.5. The second-order valence-electron chi connectivity index (χ2n) is 8.30. The first-order valence-corrected chi connectivity index (χ1v) is 8.47. The average molecular weight is 371 g/mol. The molecule has 2 N–H and O–H groups in total. The van der Waals surface area contributed by atoms with Gasteiger partial charge in [-0.25, -0.2) is 9.59 Å². The molecule has 1 aliphatic heterocycles. The summed E-state index contributed by atoms with van der Waals surface area (Å²) in [4.78, 5) is 48.5. The minimum atomic E-state index is -1.11. The first-order valence-electron chi connectivity index (χ1n) is 8.47. The third-order valence-corrected chi connectivity index (χ3v) is 3.35. The van der Waals surface area contributed by atoms with Gasteiger partial charge in [-0.1, -0.05) is 0 Å². The molecule has 3 amide bonds. The van der Waals surface area contributed by atoms with Crippen LogP contribution in [0.2, 0.25) is 0 Å². The number of amides is 3. The largest absolute Gasteiger partial charge is 0.458 e. The number of nitrogens with zero attached hydrogens (tertiary/aromatic N) is 1. The number of rotatable bonds is 4. The zero-order chi connectivity index (χ0) is 20.3. The van der Waals surface area contributed by atoms with E-state index in [1.165, 1.54) is 7.05 Å². The van der Waals surface area contributed by atoms with E-state index in [0.29, 0.717) is 0 Å². The van der Waals surface area contributed by atoms with Gasteiger partial charge in [0, 0.05) is 13.5 Å². The van der Waals surface area contributed by atoms with E-state index in [4.69, 9.17) is 9.47 Å². The van der Waals surface area contributed by atoms with Crippen LogP contribution in [0.3, 0.4) is 0 Å². The predicted molar refractivity (Wildman–Crippen MR) is 92.6 cm³/mol. The van der Waals surface area contributed by atoms with E-state index in [1.807, 2.05) is 0 Å². The van der Waals surface area contributed by atoms with Crippen LogP contribution in [0.1, 0.15) is 54.4 Å². The van der Waals surface area contributed by atoms with Crippen molar-refractivity contribution < 1.29 is 28.7 Å². The molecule has 148 valence electrons. The van der Waals surface area contributed by atoms with E-state index in [1.54, 1.807) is 41.5 Å². The SMILES string of the molecule is CN1NC(=O)[C@H](C[C@H](NC(=O)OC(C)(C)C)C(=O)OC(C)(C)C)CC1=O. The van der Waals surface area contributed by atoms with Crippen molar-refractivity contribution in [2.24, 2.45) is 5.92 Å². The van der Waals surface area contributed by atoms with Crippen LogP contribution in [-0.4, -0.2) is 53.2 Å². The lowest BCUT2D eigenvalue weighted by Gasteiger charge is -2.31. The van der Waals surface area contributed by atoms with Crippen molar-refractivity contribution >= 4 is 23.9 Å². The lowest BCUT2D eigenvalue weighted by molar-refractivity contribution is -0.159. The lowest BCUT2D eigenvalue weighted by atomic mass is 9.93. The summed E-state index contributed by atoms with van der Waals surface area (Å²) in [5, 5.41) is 3.55. The van der Waals surface area contributed by atoms with Crippen LogP contribution in [0.4, 0.5) is 4.79 Å². The molecular formula is C17H29N3O6. The lowest BCUT2D eigenvalue weighted by Crippen LogP contribution is -2.54. The van der Waals surface area contributed by atoms with Crippen LogP contribution in [0.15, 0.2) is 0 Å². The molecule has 1 aliphatic rings.